The van der Waals surface area contributed by atoms with Crippen molar-refractivity contribution in [2.24, 2.45) is 0 Å². The zero-order valence-electron chi connectivity index (χ0n) is 19.8. The van der Waals surface area contributed by atoms with Gasteiger partial charge in [0.2, 0.25) is 0 Å². The standard InChI is InChI=1S/C27H52O2/c1-2-3-4-5-6-7-8-9-10-11-12-13-14-15-16-17-18-19-20-21-22-23-24-25-26-27(28)29/h25-26H,2-24H2,1H3,(H,28,29)/b26-25+. The summed E-state index contributed by atoms with van der Waals surface area (Å²) in [5, 5.41) is 8.50. The Kier molecular flexibility index (Phi) is 24.6. The number of hydrogen-bond donors (Lipinski definition) is 1. The molecule has 29 heavy (non-hydrogen) atoms. The van der Waals surface area contributed by atoms with E-state index in [1.165, 1.54) is 141 Å². The minimum Gasteiger partial charge on any atom is -0.478 e. The number of carboxylic acid groups (broad SMARTS) is 1. The summed E-state index contributed by atoms with van der Waals surface area (Å²) >= 11 is 0. The van der Waals surface area contributed by atoms with Crippen molar-refractivity contribution in [1.82, 2.24) is 0 Å². The number of allylic oxidation sites excluding steroid dienone is 1. The summed E-state index contributed by atoms with van der Waals surface area (Å²) in [6.07, 6.45) is 34.9. The van der Waals surface area contributed by atoms with Crippen LogP contribution in [0.3, 0.4) is 0 Å². The molecule has 0 bridgehead atoms. The number of carboxylic acids is 1. The Hall–Kier alpha value is -0.790. The lowest BCUT2D eigenvalue weighted by Gasteiger charge is -2.04. The van der Waals surface area contributed by atoms with Crippen LogP contribution in [0.5, 0.6) is 0 Å². The van der Waals surface area contributed by atoms with Gasteiger partial charge in [-0.1, -0.05) is 148 Å². The molecule has 0 atom stereocenters. The van der Waals surface area contributed by atoms with E-state index in [1.54, 1.807) is 6.08 Å². The third-order valence-electron chi connectivity index (χ3n) is 5.98. The first-order valence-electron chi connectivity index (χ1n) is 13.2. The Morgan fingerprint density at radius 3 is 1.07 bits per heavy atom. The van der Waals surface area contributed by atoms with Crippen LogP contribution in [0.4, 0.5) is 0 Å². The molecule has 0 saturated carbocycles. The van der Waals surface area contributed by atoms with Gasteiger partial charge < -0.3 is 5.11 Å². The molecule has 0 spiro atoms. The summed E-state index contributed by atoms with van der Waals surface area (Å²) in [5.74, 6) is -0.830. The van der Waals surface area contributed by atoms with E-state index >= 15 is 0 Å². The molecule has 0 amide bonds. The summed E-state index contributed by atoms with van der Waals surface area (Å²) in [7, 11) is 0. The van der Waals surface area contributed by atoms with E-state index in [0.29, 0.717) is 0 Å². The van der Waals surface area contributed by atoms with Gasteiger partial charge in [0.1, 0.15) is 0 Å². The SMILES string of the molecule is CCCCCCCCCCCCCCCCCCCCCCCC/C=C/C(=O)O. The van der Waals surface area contributed by atoms with Crippen molar-refractivity contribution in [3.8, 4) is 0 Å². The highest BCUT2D eigenvalue weighted by atomic mass is 16.4. The molecule has 172 valence electrons. The van der Waals surface area contributed by atoms with E-state index in [1.807, 2.05) is 0 Å². The normalized spacial score (nSPS) is 11.5. The number of carbonyl (C=O) groups is 1. The van der Waals surface area contributed by atoms with E-state index in [4.69, 9.17) is 5.11 Å². The largest absolute Gasteiger partial charge is 0.478 e. The number of aliphatic carboxylic acids is 1. The van der Waals surface area contributed by atoms with Crippen LogP contribution in [0.1, 0.15) is 155 Å². The van der Waals surface area contributed by atoms with Crippen molar-refractivity contribution < 1.29 is 9.90 Å². The lowest BCUT2D eigenvalue weighted by Crippen LogP contribution is -1.86. The van der Waals surface area contributed by atoms with Crippen molar-refractivity contribution in [2.75, 3.05) is 0 Å². The minimum absolute atomic E-state index is 0.830. The third-order valence-corrected chi connectivity index (χ3v) is 5.98. The average Bonchev–Trinajstić information content (AvgIpc) is 2.71. The highest BCUT2D eigenvalue weighted by molar-refractivity contribution is 5.79. The first-order chi connectivity index (χ1) is 14.3. The smallest absolute Gasteiger partial charge is 0.327 e. The van der Waals surface area contributed by atoms with Crippen LogP contribution in [0.15, 0.2) is 12.2 Å². The molecule has 1 N–H and O–H groups in total. The topological polar surface area (TPSA) is 37.3 Å². The lowest BCUT2D eigenvalue weighted by atomic mass is 10.0. The van der Waals surface area contributed by atoms with Crippen LogP contribution in [0, 0.1) is 0 Å². The predicted octanol–water partition coefficient (Wildman–Crippen LogP) is 9.62. The van der Waals surface area contributed by atoms with Gasteiger partial charge in [0.15, 0.2) is 0 Å². The van der Waals surface area contributed by atoms with Gasteiger partial charge in [-0.05, 0) is 12.8 Å². The van der Waals surface area contributed by atoms with Crippen LogP contribution in [-0.2, 0) is 4.79 Å². The van der Waals surface area contributed by atoms with Crippen molar-refractivity contribution in [3.05, 3.63) is 12.2 Å². The van der Waals surface area contributed by atoms with Crippen molar-refractivity contribution in [3.63, 3.8) is 0 Å². The zero-order valence-corrected chi connectivity index (χ0v) is 19.8. The number of hydrogen-bond acceptors (Lipinski definition) is 1. The monoisotopic (exact) mass is 408 g/mol. The number of unbranched alkanes of at least 4 members (excludes halogenated alkanes) is 22. The highest BCUT2D eigenvalue weighted by Gasteiger charge is 1.95. The molecule has 0 unspecified atom stereocenters. The molecular formula is C27H52O2. The number of rotatable bonds is 24. The second kappa shape index (κ2) is 25.2. The molecule has 0 fully saturated rings. The molecule has 0 heterocycles. The minimum atomic E-state index is -0.830. The maximum Gasteiger partial charge on any atom is 0.327 e. The third kappa shape index (κ3) is 27.2. The fraction of sp³-hybridized carbons (Fsp3) is 0.889. The van der Waals surface area contributed by atoms with E-state index in [2.05, 4.69) is 6.92 Å². The van der Waals surface area contributed by atoms with E-state index in [9.17, 15) is 4.79 Å². The molecule has 0 aromatic rings. The van der Waals surface area contributed by atoms with Crippen LogP contribution in [0.2, 0.25) is 0 Å². The van der Waals surface area contributed by atoms with Gasteiger partial charge in [-0.3, -0.25) is 0 Å². The Morgan fingerprint density at radius 2 is 0.793 bits per heavy atom. The van der Waals surface area contributed by atoms with Gasteiger partial charge in [0, 0.05) is 6.08 Å². The van der Waals surface area contributed by atoms with Crippen LogP contribution < -0.4 is 0 Å². The van der Waals surface area contributed by atoms with Gasteiger partial charge in [0.25, 0.3) is 0 Å². The quantitative estimate of drug-likeness (QED) is 0.127. The van der Waals surface area contributed by atoms with Crippen LogP contribution in [0.25, 0.3) is 0 Å². The maximum absolute atomic E-state index is 10.3. The molecule has 0 radical (unpaired) electrons. The second-order valence-electron chi connectivity index (χ2n) is 8.95. The average molecular weight is 409 g/mol. The van der Waals surface area contributed by atoms with Crippen molar-refractivity contribution in [1.29, 1.82) is 0 Å². The highest BCUT2D eigenvalue weighted by Crippen LogP contribution is 2.15. The summed E-state index contributed by atoms with van der Waals surface area (Å²) in [4.78, 5) is 10.3. The second-order valence-corrected chi connectivity index (χ2v) is 8.95. The summed E-state index contributed by atoms with van der Waals surface area (Å²) in [6, 6.07) is 0. The molecule has 0 aromatic heterocycles. The maximum atomic E-state index is 10.3. The van der Waals surface area contributed by atoms with Crippen molar-refractivity contribution in [2.45, 2.75) is 155 Å². The Morgan fingerprint density at radius 1 is 0.517 bits per heavy atom. The van der Waals surface area contributed by atoms with Gasteiger partial charge in [-0.2, -0.15) is 0 Å². The molecular weight excluding hydrogens is 356 g/mol. The lowest BCUT2D eigenvalue weighted by molar-refractivity contribution is -0.131. The Balaban J connectivity index is 3.02. The first-order valence-corrected chi connectivity index (χ1v) is 13.2. The molecule has 2 nitrogen and oxygen atoms in total. The van der Waals surface area contributed by atoms with Crippen LogP contribution in [-0.4, -0.2) is 11.1 Å². The van der Waals surface area contributed by atoms with E-state index < -0.39 is 5.97 Å². The van der Waals surface area contributed by atoms with Gasteiger partial charge in [0.05, 0.1) is 0 Å². The molecule has 0 rings (SSSR count). The molecule has 0 saturated heterocycles. The predicted molar refractivity (Wildman–Crippen MR) is 129 cm³/mol. The first kappa shape index (κ1) is 28.2. The Labute approximate surface area is 182 Å². The van der Waals surface area contributed by atoms with Crippen LogP contribution >= 0.6 is 0 Å². The molecule has 0 aromatic carbocycles. The van der Waals surface area contributed by atoms with Crippen molar-refractivity contribution >= 4 is 5.97 Å². The summed E-state index contributed by atoms with van der Waals surface area (Å²) in [5.41, 5.74) is 0. The van der Waals surface area contributed by atoms with Gasteiger partial charge >= 0.3 is 5.97 Å². The molecule has 2 heteroatoms. The summed E-state index contributed by atoms with van der Waals surface area (Å²) < 4.78 is 0. The fourth-order valence-corrected chi connectivity index (χ4v) is 4.06. The molecule has 0 aliphatic rings. The van der Waals surface area contributed by atoms with Gasteiger partial charge in [-0.15, -0.1) is 0 Å². The van der Waals surface area contributed by atoms with Gasteiger partial charge in [-0.25, -0.2) is 4.79 Å². The van der Waals surface area contributed by atoms with E-state index in [-0.39, 0.29) is 0 Å². The van der Waals surface area contributed by atoms with E-state index in [0.717, 1.165) is 12.8 Å². The molecule has 0 aliphatic carbocycles. The fourth-order valence-electron chi connectivity index (χ4n) is 4.06. The Bertz CT molecular complexity index is 348. The zero-order chi connectivity index (χ0) is 21.3. The molecule has 0 aliphatic heterocycles. The summed E-state index contributed by atoms with van der Waals surface area (Å²) in [6.45, 7) is 2.29.